The topological polar surface area (TPSA) is 74.8 Å². The van der Waals surface area contributed by atoms with E-state index in [9.17, 15) is 0 Å². The fourth-order valence-corrected chi connectivity index (χ4v) is 1.71. The van der Waals surface area contributed by atoms with Crippen LogP contribution >= 0.6 is 0 Å². The maximum Gasteiger partial charge on any atom is 0.191 e. The van der Waals surface area contributed by atoms with Gasteiger partial charge in [0.15, 0.2) is 5.96 Å². The van der Waals surface area contributed by atoms with Crippen molar-refractivity contribution in [2.75, 3.05) is 5.32 Å². The molecule has 1 heterocycles. The van der Waals surface area contributed by atoms with E-state index in [1.807, 2.05) is 26.0 Å². The number of guanidine groups is 1. The molecule has 4 nitrogen and oxygen atoms in total. The average molecular weight is 214 g/mol. The number of pyridine rings is 1. The van der Waals surface area contributed by atoms with Crippen LogP contribution in [0.3, 0.4) is 0 Å². The first-order valence-electron chi connectivity index (χ1n) is 5.05. The largest absolute Gasteiger partial charge is 0.370 e. The second kappa shape index (κ2) is 3.81. The van der Waals surface area contributed by atoms with Gasteiger partial charge < -0.3 is 11.1 Å². The van der Waals surface area contributed by atoms with Crippen molar-refractivity contribution in [2.45, 2.75) is 13.8 Å². The molecule has 0 aliphatic rings. The molecule has 0 atom stereocenters. The number of nitrogens with one attached hydrogen (secondary N) is 2. The summed E-state index contributed by atoms with van der Waals surface area (Å²) in [6.45, 7) is 4.05. The highest BCUT2D eigenvalue weighted by Crippen LogP contribution is 2.20. The van der Waals surface area contributed by atoms with Gasteiger partial charge in [-0.05, 0) is 37.1 Å². The predicted molar refractivity (Wildman–Crippen MR) is 66.8 cm³/mol. The predicted octanol–water partition coefficient (Wildman–Crippen LogP) is 2.16. The standard InChI is InChI=1S/C12H14N4/c1-7-3-4-9-8(2)6-11(16-12(13)14)15-10(9)5-7/h3-6H,1-2H3,(H4,13,14,15,16). The molecule has 0 aliphatic carbocycles. The Labute approximate surface area is 94.0 Å². The lowest BCUT2D eigenvalue weighted by Gasteiger charge is -2.07. The van der Waals surface area contributed by atoms with Crippen molar-refractivity contribution >= 4 is 22.7 Å². The lowest BCUT2D eigenvalue weighted by molar-refractivity contribution is 1.31. The fraction of sp³-hybridized carbons (Fsp3) is 0.167. The molecule has 0 fully saturated rings. The second-order valence-corrected chi connectivity index (χ2v) is 3.88. The molecule has 4 N–H and O–H groups in total. The van der Waals surface area contributed by atoms with E-state index in [0.717, 1.165) is 16.5 Å². The van der Waals surface area contributed by atoms with Crippen LogP contribution in [0.25, 0.3) is 10.9 Å². The van der Waals surface area contributed by atoms with Gasteiger partial charge in [-0.1, -0.05) is 12.1 Å². The summed E-state index contributed by atoms with van der Waals surface area (Å²) >= 11 is 0. The monoisotopic (exact) mass is 214 g/mol. The zero-order valence-corrected chi connectivity index (χ0v) is 9.33. The van der Waals surface area contributed by atoms with Gasteiger partial charge in [0, 0.05) is 5.39 Å². The molecule has 0 bridgehead atoms. The van der Waals surface area contributed by atoms with Crippen LogP contribution in [0.2, 0.25) is 0 Å². The molecule has 0 saturated heterocycles. The summed E-state index contributed by atoms with van der Waals surface area (Å²) in [5.74, 6) is 0.516. The first-order chi connectivity index (χ1) is 7.56. The Hall–Kier alpha value is -2.10. The Balaban J connectivity index is 2.60. The number of fused-ring (bicyclic) bond motifs is 1. The first kappa shape index (κ1) is 10.4. The van der Waals surface area contributed by atoms with Crippen LogP contribution < -0.4 is 11.1 Å². The third kappa shape index (κ3) is 1.95. The molecule has 0 saturated carbocycles. The second-order valence-electron chi connectivity index (χ2n) is 3.88. The first-order valence-corrected chi connectivity index (χ1v) is 5.05. The molecule has 0 amide bonds. The maximum atomic E-state index is 7.18. The van der Waals surface area contributed by atoms with Crippen molar-refractivity contribution in [3.05, 3.63) is 35.4 Å². The van der Waals surface area contributed by atoms with Crippen molar-refractivity contribution in [3.8, 4) is 0 Å². The quantitative estimate of drug-likeness (QED) is 0.503. The summed E-state index contributed by atoms with van der Waals surface area (Å²) < 4.78 is 0. The minimum Gasteiger partial charge on any atom is -0.370 e. The summed E-state index contributed by atoms with van der Waals surface area (Å²) in [7, 11) is 0. The number of aryl methyl sites for hydroxylation is 2. The molecule has 1 aromatic carbocycles. The van der Waals surface area contributed by atoms with Gasteiger partial charge in [0.25, 0.3) is 0 Å². The number of rotatable bonds is 1. The molecule has 2 aromatic rings. The van der Waals surface area contributed by atoms with Crippen LogP contribution in [0.4, 0.5) is 5.82 Å². The number of benzene rings is 1. The highest BCUT2D eigenvalue weighted by Gasteiger charge is 2.03. The van der Waals surface area contributed by atoms with E-state index in [-0.39, 0.29) is 5.96 Å². The van der Waals surface area contributed by atoms with Gasteiger partial charge in [0.1, 0.15) is 5.82 Å². The zero-order chi connectivity index (χ0) is 11.7. The zero-order valence-electron chi connectivity index (χ0n) is 9.33. The molecular formula is C12H14N4. The van der Waals surface area contributed by atoms with Crippen molar-refractivity contribution < 1.29 is 0 Å². The fourth-order valence-electron chi connectivity index (χ4n) is 1.71. The van der Waals surface area contributed by atoms with E-state index in [4.69, 9.17) is 11.1 Å². The Bertz CT molecular complexity index is 560. The number of hydrogen-bond donors (Lipinski definition) is 3. The van der Waals surface area contributed by atoms with Crippen LogP contribution in [-0.4, -0.2) is 10.9 Å². The van der Waals surface area contributed by atoms with E-state index in [1.54, 1.807) is 0 Å². The van der Waals surface area contributed by atoms with E-state index < -0.39 is 0 Å². The highest BCUT2D eigenvalue weighted by atomic mass is 15.1. The van der Waals surface area contributed by atoms with Crippen molar-refractivity contribution in [1.29, 1.82) is 5.41 Å². The van der Waals surface area contributed by atoms with Crippen molar-refractivity contribution in [2.24, 2.45) is 5.73 Å². The summed E-state index contributed by atoms with van der Waals surface area (Å²) in [6, 6.07) is 8.03. The molecule has 16 heavy (non-hydrogen) atoms. The number of nitrogens with two attached hydrogens (primary N) is 1. The molecule has 0 radical (unpaired) electrons. The summed E-state index contributed by atoms with van der Waals surface area (Å²) in [4.78, 5) is 4.41. The number of anilines is 1. The van der Waals surface area contributed by atoms with E-state index >= 15 is 0 Å². The van der Waals surface area contributed by atoms with Crippen LogP contribution in [0, 0.1) is 19.3 Å². The Morgan fingerprint density at radius 2 is 2.06 bits per heavy atom. The molecule has 82 valence electrons. The molecular weight excluding hydrogens is 200 g/mol. The van der Waals surface area contributed by atoms with E-state index in [2.05, 4.69) is 22.4 Å². The minimum absolute atomic E-state index is 0.0982. The Morgan fingerprint density at radius 1 is 1.31 bits per heavy atom. The third-order valence-corrected chi connectivity index (χ3v) is 2.43. The lowest BCUT2D eigenvalue weighted by atomic mass is 10.1. The van der Waals surface area contributed by atoms with Gasteiger partial charge in [-0.2, -0.15) is 0 Å². The summed E-state index contributed by atoms with van der Waals surface area (Å²) in [5.41, 5.74) is 8.49. The van der Waals surface area contributed by atoms with E-state index in [1.165, 1.54) is 5.56 Å². The molecule has 0 aliphatic heterocycles. The lowest BCUT2D eigenvalue weighted by Crippen LogP contribution is -2.21. The van der Waals surface area contributed by atoms with Crippen LogP contribution in [0.1, 0.15) is 11.1 Å². The summed E-state index contributed by atoms with van der Waals surface area (Å²) in [5, 5.41) is 11.0. The molecule has 4 heteroatoms. The van der Waals surface area contributed by atoms with Crippen LogP contribution in [0.15, 0.2) is 24.3 Å². The third-order valence-electron chi connectivity index (χ3n) is 2.43. The van der Waals surface area contributed by atoms with Gasteiger partial charge in [-0.25, -0.2) is 4.98 Å². The smallest absolute Gasteiger partial charge is 0.191 e. The van der Waals surface area contributed by atoms with Gasteiger partial charge in [0.05, 0.1) is 5.52 Å². The number of hydrogen-bond acceptors (Lipinski definition) is 2. The Kier molecular flexibility index (Phi) is 2.48. The molecule has 0 spiro atoms. The van der Waals surface area contributed by atoms with E-state index in [0.29, 0.717) is 5.82 Å². The SMILES string of the molecule is Cc1ccc2c(C)cc(NC(=N)N)nc2c1. The Morgan fingerprint density at radius 3 is 2.75 bits per heavy atom. The van der Waals surface area contributed by atoms with Gasteiger partial charge in [-0.3, -0.25) is 5.41 Å². The van der Waals surface area contributed by atoms with Crippen LogP contribution in [-0.2, 0) is 0 Å². The van der Waals surface area contributed by atoms with Crippen molar-refractivity contribution in [1.82, 2.24) is 4.98 Å². The molecule has 2 rings (SSSR count). The summed E-state index contributed by atoms with van der Waals surface area (Å²) in [6.07, 6.45) is 0. The van der Waals surface area contributed by atoms with Gasteiger partial charge >= 0.3 is 0 Å². The molecule has 0 unspecified atom stereocenters. The van der Waals surface area contributed by atoms with Crippen molar-refractivity contribution in [3.63, 3.8) is 0 Å². The molecule has 1 aromatic heterocycles. The van der Waals surface area contributed by atoms with Crippen LogP contribution in [0.5, 0.6) is 0 Å². The number of aromatic nitrogens is 1. The van der Waals surface area contributed by atoms with Gasteiger partial charge in [0.2, 0.25) is 0 Å². The minimum atomic E-state index is -0.0982. The number of nitrogens with zero attached hydrogens (tertiary/aromatic N) is 1. The van der Waals surface area contributed by atoms with Gasteiger partial charge in [-0.15, -0.1) is 0 Å². The average Bonchev–Trinajstić information content (AvgIpc) is 2.15. The maximum absolute atomic E-state index is 7.18. The highest BCUT2D eigenvalue weighted by molar-refractivity contribution is 5.91. The normalized spacial score (nSPS) is 10.4.